The summed E-state index contributed by atoms with van der Waals surface area (Å²) in [6, 6.07) is 2.90. The van der Waals surface area contributed by atoms with E-state index in [1.54, 1.807) is 0 Å². The molecular formula is C9H10F2N2O2S. The highest BCUT2D eigenvalue weighted by Gasteiger charge is 2.15. The minimum absolute atomic E-state index is 0.0204. The summed E-state index contributed by atoms with van der Waals surface area (Å²) in [5.41, 5.74) is 0.0845. The van der Waals surface area contributed by atoms with Crippen LogP contribution in [0.1, 0.15) is 10.4 Å². The highest BCUT2D eigenvalue weighted by molar-refractivity contribution is 7.99. The number of nitrogens with one attached hydrogen (secondary N) is 1. The summed E-state index contributed by atoms with van der Waals surface area (Å²) >= 11 is 0.219. The first-order valence-electron chi connectivity index (χ1n) is 4.44. The fraction of sp³-hybridized carbons (Fsp3) is 0.333. The van der Waals surface area contributed by atoms with Crippen LogP contribution >= 0.6 is 11.8 Å². The third kappa shape index (κ3) is 3.74. The van der Waals surface area contributed by atoms with E-state index in [1.807, 2.05) is 0 Å². The van der Waals surface area contributed by atoms with Crippen LogP contribution in [-0.4, -0.2) is 34.9 Å². The van der Waals surface area contributed by atoms with E-state index in [4.69, 9.17) is 5.11 Å². The van der Waals surface area contributed by atoms with Crippen molar-refractivity contribution in [3.63, 3.8) is 0 Å². The molecule has 0 atom stereocenters. The number of pyridine rings is 1. The molecule has 0 spiro atoms. The van der Waals surface area contributed by atoms with Gasteiger partial charge in [-0.3, -0.25) is 4.79 Å². The van der Waals surface area contributed by atoms with Gasteiger partial charge >= 0.3 is 0 Å². The second-order valence-electron chi connectivity index (χ2n) is 2.71. The number of aliphatic hydroxyl groups is 1. The average molecular weight is 248 g/mol. The zero-order valence-electron chi connectivity index (χ0n) is 8.19. The predicted molar refractivity (Wildman–Crippen MR) is 55.5 cm³/mol. The van der Waals surface area contributed by atoms with E-state index in [0.717, 1.165) is 0 Å². The number of aromatic nitrogens is 1. The van der Waals surface area contributed by atoms with E-state index < -0.39 is 11.7 Å². The van der Waals surface area contributed by atoms with Gasteiger partial charge in [-0.15, -0.1) is 0 Å². The zero-order valence-corrected chi connectivity index (χ0v) is 9.01. The largest absolute Gasteiger partial charge is 0.395 e. The molecule has 0 radical (unpaired) electrons. The molecule has 0 fully saturated rings. The van der Waals surface area contributed by atoms with Crippen LogP contribution in [-0.2, 0) is 0 Å². The van der Waals surface area contributed by atoms with Crippen LogP contribution in [0.25, 0.3) is 0 Å². The van der Waals surface area contributed by atoms with Crippen molar-refractivity contribution in [2.24, 2.45) is 0 Å². The maximum Gasteiger partial charge on any atom is 0.290 e. The number of carbonyl (C=O) groups excluding carboxylic acids is 1. The van der Waals surface area contributed by atoms with Crippen LogP contribution in [0.15, 0.2) is 23.4 Å². The molecule has 0 saturated heterocycles. The summed E-state index contributed by atoms with van der Waals surface area (Å²) in [5, 5.41) is 10.9. The van der Waals surface area contributed by atoms with Gasteiger partial charge in [0.2, 0.25) is 0 Å². The Morgan fingerprint density at radius 2 is 2.38 bits per heavy atom. The Labute approximate surface area is 95.1 Å². The van der Waals surface area contributed by atoms with Gasteiger partial charge in [0.05, 0.1) is 12.2 Å². The van der Waals surface area contributed by atoms with Gasteiger partial charge in [-0.25, -0.2) is 4.98 Å². The van der Waals surface area contributed by atoms with Crippen molar-refractivity contribution in [1.29, 1.82) is 0 Å². The van der Waals surface area contributed by atoms with E-state index in [-0.39, 0.29) is 35.5 Å². The first-order chi connectivity index (χ1) is 7.65. The molecule has 0 aliphatic heterocycles. The smallest absolute Gasteiger partial charge is 0.290 e. The second-order valence-corrected chi connectivity index (χ2v) is 3.69. The lowest BCUT2D eigenvalue weighted by molar-refractivity contribution is 0.0941. The number of rotatable bonds is 5. The van der Waals surface area contributed by atoms with Crippen molar-refractivity contribution in [2.75, 3.05) is 13.2 Å². The minimum Gasteiger partial charge on any atom is -0.395 e. The number of thioether (sulfide) groups is 1. The number of hydrogen-bond acceptors (Lipinski definition) is 4. The minimum atomic E-state index is -2.63. The highest BCUT2D eigenvalue weighted by Crippen LogP contribution is 2.25. The van der Waals surface area contributed by atoms with E-state index in [9.17, 15) is 13.6 Å². The number of halogens is 2. The lowest BCUT2D eigenvalue weighted by Crippen LogP contribution is -2.27. The summed E-state index contributed by atoms with van der Waals surface area (Å²) in [7, 11) is 0. The molecule has 1 aromatic rings. The zero-order chi connectivity index (χ0) is 12.0. The third-order valence-corrected chi connectivity index (χ3v) is 2.34. The molecule has 2 N–H and O–H groups in total. The Bertz CT molecular complexity index is 363. The number of nitrogens with zero attached hydrogens (tertiary/aromatic N) is 1. The van der Waals surface area contributed by atoms with Gasteiger partial charge in [0.25, 0.3) is 11.7 Å². The number of aliphatic hydroxyl groups excluding tert-OH is 1. The molecule has 1 amide bonds. The van der Waals surface area contributed by atoms with Crippen LogP contribution in [0.3, 0.4) is 0 Å². The Kier molecular flexibility index (Phi) is 5.13. The van der Waals surface area contributed by atoms with Crippen molar-refractivity contribution in [1.82, 2.24) is 10.3 Å². The molecule has 0 aliphatic carbocycles. The number of carbonyl (C=O) groups is 1. The summed E-state index contributed by atoms with van der Waals surface area (Å²) in [5.74, 6) is -3.15. The Morgan fingerprint density at radius 1 is 1.62 bits per heavy atom. The number of amides is 1. The lowest BCUT2D eigenvalue weighted by Gasteiger charge is -2.07. The van der Waals surface area contributed by atoms with Crippen LogP contribution in [0, 0.1) is 0 Å². The van der Waals surface area contributed by atoms with Crippen molar-refractivity contribution in [3.8, 4) is 0 Å². The van der Waals surface area contributed by atoms with Crippen LogP contribution in [0.5, 0.6) is 0 Å². The fourth-order valence-corrected chi connectivity index (χ4v) is 1.58. The second kappa shape index (κ2) is 6.39. The maximum absolute atomic E-state index is 12.2. The third-order valence-electron chi connectivity index (χ3n) is 1.61. The average Bonchev–Trinajstić information content (AvgIpc) is 2.26. The standard InChI is InChI=1S/C9H10F2N2O2S/c10-9(11)16-8-6(2-1-3-13-8)7(15)12-4-5-14/h1-3,9,14H,4-5H2,(H,12,15). The van der Waals surface area contributed by atoms with Crippen molar-refractivity contribution >= 4 is 17.7 Å². The predicted octanol–water partition coefficient (Wildman–Crippen LogP) is 1.12. The molecule has 7 heteroatoms. The first kappa shape index (κ1) is 12.9. The quantitative estimate of drug-likeness (QED) is 0.766. The van der Waals surface area contributed by atoms with Crippen LogP contribution in [0.4, 0.5) is 8.78 Å². The topological polar surface area (TPSA) is 62.2 Å². The molecule has 4 nitrogen and oxygen atoms in total. The van der Waals surface area contributed by atoms with Crippen molar-refractivity contribution in [2.45, 2.75) is 10.8 Å². The van der Waals surface area contributed by atoms with Crippen molar-refractivity contribution in [3.05, 3.63) is 23.9 Å². The van der Waals surface area contributed by atoms with E-state index in [0.29, 0.717) is 0 Å². The normalized spacial score (nSPS) is 10.5. The van der Waals surface area contributed by atoms with E-state index in [2.05, 4.69) is 10.3 Å². The number of alkyl halides is 2. The van der Waals surface area contributed by atoms with Gasteiger partial charge < -0.3 is 10.4 Å². The van der Waals surface area contributed by atoms with Gasteiger partial charge in [0, 0.05) is 12.7 Å². The van der Waals surface area contributed by atoms with E-state index >= 15 is 0 Å². The molecular weight excluding hydrogens is 238 g/mol. The molecule has 88 valence electrons. The summed E-state index contributed by atoms with van der Waals surface area (Å²) in [6.45, 7) is -0.129. The Balaban J connectivity index is 2.81. The fourth-order valence-electron chi connectivity index (χ4n) is 1.01. The molecule has 1 rings (SSSR count). The summed E-state index contributed by atoms with van der Waals surface area (Å²) in [4.78, 5) is 15.2. The van der Waals surface area contributed by atoms with Gasteiger partial charge in [0.1, 0.15) is 5.03 Å². The number of hydrogen-bond donors (Lipinski definition) is 2. The summed E-state index contributed by atoms with van der Waals surface area (Å²) < 4.78 is 24.3. The van der Waals surface area contributed by atoms with Gasteiger partial charge in [-0.2, -0.15) is 8.78 Å². The molecule has 0 bridgehead atoms. The lowest BCUT2D eigenvalue weighted by atomic mass is 10.3. The van der Waals surface area contributed by atoms with Gasteiger partial charge in [-0.05, 0) is 23.9 Å². The van der Waals surface area contributed by atoms with Crippen LogP contribution in [0.2, 0.25) is 0 Å². The Hall–Kier alpha value is -1.21. The monoisotopic (exact) mass is 248 g/mol. The van der Waals surface area contributed by atoms with Gasteiger partial charge in [0.15, 0.2) is 0 Å². The molecule has 0 aliphatic rings. The molecule has 16 heavy (non-hydrogen) atoms. The molecule has 1 heterocycles. The van der Waals surface area contributed by atoms with Gasteiger partial charge in [-0.1, -0.05) is 0 Å². The highest BCUT2D eigenvalue weighted by atomic mass is 32.2. The summed E-state index contributed by atoms with van der Waals surface area (Å²) in [6.07, 6.45) is 1.34. The maximum atomic E-state index is 12.2. The molecule has 0 saturated carbocycles. The molecule has 0 unspecified atom stereocenters. The SMILES string of the molecule is O=C(NCCO)c1cccnc1SC(F)F. The van der Waals surface area contributed by atoms with Crippen molar-refractivity contribution < 1.29 is 18.7 Å². The first-order valence-corrected chi connectivity index (χ1v) is 5.32. The molecule has 1 aromatic heterocycles. The van der Waals surface area contributed by atoms with Crippen LogP contribution < -0.4 is 5.32 Å². The Morgan fingerprint density at radius 3 is 3.00 bits per heavy atom. The molecule has 0 aromatic carbocycles. The van der Waals surface area contributed by atoms with E-state index in [1.165, 1.54) is 18.3 Å².